The maximum atomic E-state index is 12.3. The van der Waals surface area contributed by atoms with Crippen molar-refractivity contribution in [3.05, 3.63) is 0 Å². The molecular weight excluding hydrogens is 226 g/mol. The molecule has 5 nitrogen and oxygen atoms in total. The minimum Gasteiger partial charge on any atom is -0.462 e. The first kappa shape index (κ1) is 14.8. The summed E-state index contributed by atoms with van der Waals surface area (Å²) in [5.41, 5.74) is 0. The number of alkyl halides is 2. The molecule has 1 unspecified atom stereocenters. The zero-order chi connectivity index (χ0) is 12.8. The van der Waals surface area contributed by atoms with Gasteiger partial charge in [0, 0.05) is 20.8 Å². The Morgan fingerprint density at radius 2 is 1.75 bits per heavy atom. The second kappa shape index (κ2) is 6.37. The maximum Gasteiger partial charge on any atom is 0.353 e. The number of carbonyl (C=O) groups is 2. The predicted molar refractivity (Wildman–Crippen MR) is 48.8 cm³/mol. The van der Waals surface area contributed by atoms with Crippen LogP contribution in [0.3, 0.4) is 0 Å². The third kappa shape index (κ3) is 9.32. The highest BCUT2D eigenvalue weighted by atomic mass is 19.3. The van der Waals surface area contributed by atoms with Crippen molar-refractivity contribution in [1.82, 2.24) is 0 Å². The van der Waals surface area contributed by atoms with Gasteiger partial charge in [0.2, 0.25) is 0 Å². The van der Waals surface area contributed by atoms with Crippen molar-refractivity contribution < 1.29 is 32.6 Å². The van der Waals surface area contributed by atoms with E-state index in [9.17, 15) is 18.4 Å². The molecule has 0 saturated heterocycles. The van der Waals surface area contributed by atoms with Gasteiger partial charge in [0.15, 0.2) is 6.10 Å². The Hall–Kier alpha value is -1.24. The third-order valence-corrected chi connectivity index (χ3v) is 1.33. The molecule has 0 bridgehead atoms. The quantitative estimate of drug-likeness (QED) is 0.651. The van der Waals surface area contributed by atoms with E-state index in [1.165, 1.54) is 0 Å². The number of hydrogen-bond acceptors (Lipinski definition) is 5. The lowest BCUT2D eigenvalue weighted by Gasteiger charge is -2.19. The molecule has 1 atom stereocenters. The molecule has 0 aromatic heterocycles. The maximum absolute atomic E-state index is 12.3. The Balaban J connectivity index is 4.10. The highest BCUT2D eigenvalue weighted by Gasteiger charge is 2.25. The average Bonchev–Trinajstić information content (AvgIpc) is 2.07. The molecule has 0 aliphatic rings. The average molecular weight is 240 g/mol. The second-order valence-electron chi connectivity index (χ2n) is 3.15. The molecule has 0 aromatic carbocycles. The summed E-state index contributed by atoms with van der Waals surface area (Å²) >= 11 is 0. The standard InChI is InChI=1S/C9H14F2O5/c1-6(12)14-4-8(16-7(2)13)5-15-9(3,10)11/h8H,4-5H2,1-3H3. The monoisotopic (exact) mass is 240 g/mol. The van der Waals surface area contributed by atoms with Crippen molar-refractivity contribution in [1.29, 1.82) is 0 Å². The van der Waals surface area contributed by atoms with Crippen LogP contribution in [0.5, 0.6) is 0 Å². The number of hydrogen-bond donors (Lipinski definition) is 0. The minimum atomic E-state index is -3.32. The van der Waals surface area contributed by atoms with E-state index in [-0.39, 0.29) is 6.61 Å². The van der Waals surface area contributed by atoms with Crippen LogP contribution in [-0.2, 0) is 23.8 Å². The molecule has 0 aliphatic heterocycles. The van der Waals surface area contributed by atoms with E-state index in [1.807, 2.05) is 0 Å². The van der Waals surface area contributed by atoms with Crippen molar-refractivity contribution >= 4 is 11.9 Å². The van der Waals surface area contributed by atoms with E-state index >= 15 is 0 Å². The van der Waals surface area contributed by atoms with Gasteiger partial charge in [0.05, 0.1) is 6.61 Å². The lowest BCUT2D eigenvalue weighted by Crippen LogP contribution is -2.31. The topological polar surface area (TPSA) is 61.8 Å². The molecule has 0 N–H and O–H groups in total. The lowest BCUT2D eigenvalue weighted by atomic mass is 10.4. The zero-order valence-corrected chi connectivity index (χ0v) is 9.29. The molecule has 0 amide bonds. The molecule has 0 heterocycles. The molecule has 0 saturated carbocycles. The fourth-order valence-electron chi connectivity index (χ4n) is 0.800. The molecule has 0 rings (SSSR count). The number of halogens is 2. The van der Waals surface area contributed by atoms with Gasteiger partial charge in [0.25, 0.3) is 0 Å². The Labute approximate surface area is 91.7 Å². The third-order valence-electron chi connectivity index (χ3n) is 1.33. The summed E-state index contributed by atoms with van der Waals surface area (Å²) in [5.74, 6) is -1.26. The fraction of sp³-hybridized carbons (Fsp3) is 0.778. The van der Waals surface area contributed by atoms with Gasteiger partial charge in [-0.3, -0.25) is 9.59 Å². The van der Waals surface area contributed by atoms with Crippen LogP contribution in [0.1, 0.15) is 20.8 Å². The molecule has 16 heavy (non-hydrogen) atoms. The van der Waals surface area contributed by atoms with Gasteiger partial charge in [-0.1, -0.05) is 0 Å². The largest absolute Gasteiger partial charge is 0.462 e. The van der Waals surface area contributed by atoms with Crippen LogP contribution in [0.25, 0.3) is 0 Å². The van der Waals surface area contributed by atoms with E-state index in [4.69, 9.17) is 0 Å². The van der Waals surface area contributed by atoms with E-state index < -0.39 is 30.8 Å². The summed E-state index contributed by atoms with van der Waals surface area (Å²) in [6, 6.07) is 0. The predicted octanol–water partition coefficient (Wildman–Crippen LogP) is 1.11. The van der Waals surface area contributed by atoms with E-state index in [2.05, 4.69) is 14.2 Å². The van der Waals surface area contributed by atoms with Crippen molar-refractivity contribution in [3.8, 4) is 0 Å². The Kier molecular flexibility index (Phi) is 5.87. The first-order valence-electron chi connectivity index (χ1n) is 4.53. The zero-order valence-electron chi connectivity index (χ0n) is 9.29. The van der Waals surface area contributed by atoms with Gasteiger partial charge in [-0.2, -0.15) is 8.78 Å². The fourth-order valence-corrected chi connectivity index (χ4v) is 0.800. The van der Waals surface area contributed by atoms with Gasteiger partial charge in [-0.25, -0.2) is 0 Å². The SMILES string of the molecule is CC(=O)OCC(COC(C)(F)F)OC(C)=O. The van der Waals surface area contributed by atoms with Crippen LogP contribution in [0.2, 0.25) is 0 Å². The summed E-state index contributed by atoms with van der Waals surface area (Å²) in [6.07, 6.45) is -4.36. The van der Waals surface area contributed by atoms with Crippen molar-refractivity contribution in [3.63, 3.8) is 0 Å². The normalized spacial score (nSPS) is 13.1. The first-order chi connectivity index (χ1) is 7.20. The molecular formula is C9H14F2O5. The van der Waals surface area contributed by atoms with Crippen LogP contribution < -0.4 is 0 Å². The van der Waals surface area contributed by atoms with Crippen molar-refractivity contribution in [2.24, 2.45) is 0 Å². The van der Waals surface area contributed by atoms with Crippen LogP contribution >= 0.6 is 0 Å². The molecule has 0 radical (unpaired) electrons. The Morgan fingerprint density at radius 3 is 2.12 bits per heavy atom. The number of ether oxygens (including phenoxy) is 3. The van der Waals surface area contributed by atoms with Crippen LogP contribution in [0.4, 0.5) is 8.78 Å². The Morgan fingerprint density at radius 1 is 1.19 bits per heavy atom. The first-order valence-corrected chi connectivity index (χ1v) is 4.53. The van der Waals surface area contributed by atoms with E-state index in [0.29, 0.717) is 6.92 Å². The van der Waals surface area contributed by atoms with Gasteiger partial charge in [-0.05, 0) is 0 Å². The Bertz CT molecular complexity index is 249. The molecule has 0 aromatic rings. The highest BCUT2D eigenvalue weighted by Crippen LogP contribution is 2.14. The molecule has 94 valence electrons. The van der Waals surface area contributed by atoms with Crippen LogP contribution in [-0.4, -0.2) is 37.4 Å². The van der Waals surface area contributed by atoms with Crippen LogP contribution in [0, 0.1) is 0 Å². The van der Waals surface area contributed by atoms with Gasteiger partial charge in [0.1, 0.15) is 6.61 Å². The summed E-state index contributed by atoms with van der Waals surface area (Å²) < 4.78 is 38.0. The van der Waals surface area contributed by atoms with Gasteiger partial charge < -0.3 is 14.2 Å². The molecule has 0 fully saturated rings. The van der Waals surface area contributed by atoms with Crippen molar-refractivity contribution in [2.45, 2.75) is 33.0 Å². The molecule has 0 aliphatic carbocycles. The number of esters is 2. The number of rotatable bonds is 6. The van der Waals surface area contributed by atoms with E-state index in [0.717, 1.165) is 13.8 Å². The molecule has 0 spiro atoms. The lowest BCUT2D eigenvalue weighted by molar-refractivity contribution is -0.239. The number of carbonyl (C=O) groups excluding carboxylic acids is 2. The van der Waals surface area contributed by atoms with E-state index in [1.54, 1.807) is 0 Å². The second-order valence-corrected chi connectivity index (χ2v) is 3.15. The smallest absolute Gasteiger partial charge is 0.353 e. The summed E-state index contributed by atoms with van der Waals surface area (Å²) in [5, 5.41) is 0. The summed E-state index contributed by atoms with van der Waals surface area (Å²) in [7, 11) is 0. The summed E-state index contributed by atoms with van der Waals surface area (Å²) in [4.78, 5) is 21.1. The molecule has 7 heteroatoms. The highest BCUT2D eigenvalue weighted by molar-refractivity contribution is 5.67. The van der Waals surface area contributed by atoms with Gasteiger partial charge in [-0.15, -0.1) is 0 Å². The van der Waals surface area contributed by atoms with Crippen LogP contribution in [0.15, 0.2) is 0 Å². The summed E-state index contributed by atoms with van der Waals surface area (Å²) in [6.45, 7) is 1.97. The van der Waals surface area contributed by atoms with Crippen molar-refractivity contribution in [2.75, 3.05) is 13.2 Å². The minimum absolute atomic E-state index is 0.314. The van der Waals surface area contributed by atoms with Gasteiger partial charge >= 0.3 is 18.0 Å².